The van der Waals surface area contributed by atoms with E-state index in [0.29, 0.717) is 13.1 Å². The van der Waals surface area contributed by atoms with E-state index in [-0.39, 0.29) is 29.8 Å². The van der Waals surface area contributed by atoms with Crippen molar-refractivity contribution in [2.24, 2.45) is 4.99 Å². The first-order valence-electron chi connectivity index (χ1n) is 7.27. The molecule has 5 nitrogen and oxygen atoms in total. The molecule has 1 aromatic heterocycles. The second kappa shape index (κ2) is 9.77. The Bertz CT molecular complexity index is 674. The summed E-state index contributed by atoms with van der Waals surface area (Å²) in [5.74, 6) is 0.520. The van der Waals surface area contributed by atoms with Crippen LogP contribution in [0, 0.1) is 5.82 Å². The highest BCUT2D eigenvalue weighted by Gasteiger charge is 2.09. The Morgan fingerprint density at radius 3 is 2.67 bits per heavy atom. The Labute approximate surface area is 163 Å². The van der Waals surface area contributed by atoms with Crippen LogP contribution in [0.1, 0.15) is 11.3 Å². The lowest BCUT2D eigenvalue weighted by molar-refractivity contribution is 0.474. The predicted octanol–water partition coefficient (Wildman–Crippen LogP) is 3.17. The SMILES string of the molecule is CN=C(NCc1csc(N(C)C)n1)N(C)Cc1cccc(F)c1.I. The molecule has 0 unspecified atom stereocenters. The molecule has 1 heterocycles. The van der Waals surface area contributed by atoms with Gasteiger partial charge in [0.05, 0.1) is 12.2 Å². The van der Waals surface area contributed by atoms with Crippen LogP contribution >= 0.6 is 35.3 Å². The fourth-order valence-electron chi connectivity index (χ4n) is 2.12. The van der Waals surface area contributed by atoms with E-state index in [9.17, 15) is 4.39 Å². The van der Waals surface area contributed by atoms with Gasteiger partial charge in [-0.05, 0) is 17.7 Å². The summed E-state index contributed by atoms with van der Waals surface area (Å²) in [5.41, 5.74) is 1.87. The molecule has 0 aliphatic rings. The number of halogens is 2. The molecule has 1 N–H and O–H groups in total. The standard InChI is InChI=1S/C16H22FN5S.HI/c1-18-15(19-9-14-11-23-16(20-14)21(2)3)22(4)10-12-6-5-7-13(17)8-12;/h5-8,11H,9-10H2,1-4H3,(H,18,19);1H. The number of rotatable bonds is 5. The van der Waals surface area contributed by atoms with Crippen molar-refractivity contribution in [2.45, 2.75) is 13.1 Å². The Morgan fingerprint density at radius 2 is 2.08 bits per heavy atom. The number of aromatic nitrogens is 1. The summed E-state index contributed by atoms with van der Waals surface area (Å²) in [6, 6.07) is 6.60. The highest BCUT2D eigenvalue weighted by molar-refractivity contribution is 14.0. The molecule has 0 saturated heterocycles. The highest BCUT2D eigenvalue weighted by Crippen LogP contribution is 2.17. The second-order valence-corrected chi connectivity index (χ2v) is 6.24. The maximum atomic E-state index is 13.3. The van der Waals surface area contributed by atoms with Gasteiger partial charge < -0.3 is 15.1 Å². The molecule has 0 saturated carbocycles. The van der Waals surface area contributed by atoms with E-state index < -0.39 is 0 Å². The third-order valence-electron chi connectivity index (χ3n) is 3.23. The van der Waals surface area contributed by atoms with E-state index >= 15 is 0 Å². The van der Waals surface area contributed by atoms with E-state index in [1.807, 2.05) is 42.4 Å². The van der Waals surface area contributed by atoms with Gasteiger partial charge in [0.1, 0.15) is 5.82 Å². The molecule has 0 radical (unpaired) electrons. The van der Waals surface area contributed by atoms with Crippen molar-refractivity contribution >= 4 is 46.4 Å². The van der Waals surface area contributed by atoms with Crippen molar-refractivity contribution in [3.05, 3.63) is 46.7 Å². The summed E-state index contributed by atoms with van der Waals surface area (Å²) in [6.07, 6.45) is 0. The molecule has 0 aliphatic heterocycles. The summed E-state index contributed by atoms with van der Waals surface area (Å²) < 4.78 is 13.3. The Balaban J connectivity index is 0.00000288. The van der Waals surface area contributed by atoms with Gasteiger partial charge in [0.15, 0.2) is 11.1 Å². The Kier molecular flexibility index (Phi) is 8.40. The lowest BCUT2D eigenvalue weighted by Gasteiger charge is -2.22. The quantitative estimate of drug-likeness (QED) is 0.421. The smallest absolute Gasteiger partial charge is 0.194 e. The fraction of sp³-hybridized carbons (Fsp3) is 0.375. The van der Waals surface area contributed by atoms with E-state index in [4.69, 9.17) is 0 Å². The maximum Gasteiger partial charge on any atom is 0.194 e. The van der Waals surface area contributed by atoms with Gasteiger partial charge in [0.2, 0.25) is 0 Å². The number of thiazole rings is 1. The molecule has 8 heteroatoms. The molecule has 0 fully saturated rings. The van der Waals surface area contributed by atoms with Gasteiger partial charge in [-0.1, -0.05) is 12.1 Å². The van der Waals surface area contributed by atoms with E-state index in [2.05, 4.69) is 15.3 Å². The molecule has 1 aromatic carbocycles. The van der Waals surface area contributed by atoms with Gasteiger partial charge in [-0.25, -0.2) is 9.37 Å². The predicted molar refractivity (Wildman–Crippen MR) is 110 cm³/mol. The van der Waals surface area contributed by atoms with Crippen molar-refractivity contribution < 1.29 is 4.39 Å². The second-order valence-electron chi connectivity index (χ2n) is 5.40. The monoisotopic (exact) mass is 463 g/mol. The first-order chi connectivity index (χ1) is 11.0. The van der Waals surface area contributed by atoms with Gasteiger partial charge in [-0.15, -0.1) is 35.3 Å². The van der Waals surface area contributed by atoms with Crippen molar-refractivity contribution in [3.8, 4) is 0 Å². The van der Waals surface area contributed by atoms with E-state index in [1.54, 1.807) is 24.5 Å². The normalized spacial score (nSPS) is 11.0. The van der Waals surface area contributed by atoms with Crippen LogP contribution < -0.4 is 10.2 Å². The lowest BCUT2D eigenvalue weighted by Crippen LogP contribution is -2.38. The summed E-state index contributed by atoms with van der Waals surface area (Å²) in [4.78, 5) is 12.7. The number of anilines is 1. The molecular weight excluding hydrogens is 440 g/mol. The lowest BCUT2D eigenvalue weighted by atomic mass is 10.2. The van der Waals surface area contributed by atoms with E-state index in [0.717, 1.165) is 22.3 Å². The molecule has 0 atom stereocenters. The van der Waals surface area contributed by atoms with Crippen molar-refractivity contribution in [1.82, 2.24) is 15.2 Å². The molecular formula is C16H23FIN5S. The molecule has 0 aliphatic carbocycles. The van der Waals surface area contributed by atoms with Crippen LogP contribution in [-0.4, -0.2) is 44.0 Å². The number of benzene rings is 1. The average molecular weight is 463 g/mol. The number of hydrogen-bond donors (Lipinski definition) is 1. The first-order valence-corrected chi connectivity index (χ1v) is 8.15. The van der Waals surface area contributed by atoms with Crippen molar-refractivity contribution in [2.75, 3.05) is 33.1 Å². The number of nitrogens with zero attached hydrogens (tertiary/aromatic N) is 4. The van der Waals surface area contributed by atoms with Crippen LogP contribution in [0.3, 0.4) is 0 Å². The minimum absolute atomic E-state index is 0. The molecule has 2 aromatic rings. The van der Waals surface area contributed by atoms with Gasteiger partial charge in [0, 0.05) is 40.1 Å². The number of hydrogen-bond acceptors (Lipinski definition) is 4. The maximum absolute atomic E-state index is 13.3. The number of guanidine groups is 1. The Hall–Kier alpha value is -1.42. The van der Waals surface area contributed by atoms with Gasteiger partial charge in [-0.2, -0.15) is 0 Å². The number of nitrogens with one attached hydrogen (secondary N) is 1. The van der Waals surface area contributed by atoms with Crippen LogP contribution in [-0.2, 0) is 13.1 Å². The Morgan fingerprint density at radius 1 is 1.33 bits per heavy atom. The average Bonchev–Trinajstić information content (AvgIpc) is 2.97. The van der Waals surface area contributed by atoms with Crippen LogP contribution in [0.4, 0.5) is 9.52 Å². The molecule has 24 heavy (non-hydrogen) atoms. The van der Waals surface area contributed by atoms with E-state index in [1.165, 1.54) is 12.1 Å². The highest BCUT2D eigenvalue weighted by atomic mass is 127. The third-order valence-corrected chi connectivity index (χ3v) is 4.29. The van der Waals surface area contributed by atoms with Crippen LogP contribution in [0.15, 0.2) is 34.6 Å². The molecule has 2 rings (SSSR count). The van der Waals surface area contributed by atoms with Gasteiger partial charge in [0.25, 0.3) is 0 Å². The largest absolute Gasteiger partial charge is 0.354 e. The van der Waals surface area contributed by atoms with Crippen LogP contribution in [0.2, 0.25) is 0 Å². The molecule has 0 amide bonds. The van der Waals surface area contributed by atoms with Crippen molar-refractivity contribution in [1.29, 1.82) is 0 Å². The number of aliphatic imine (C=N–C) groups is 1. The van der Waals surface area contributed by atoms with Gasteiger partial charge in [-0.3, -0.25) is 4.99 Å². The third kappa shape index (κ3) is 5.90. The molecule has 0 spiro atoms. The zero-order chi connectivity index (χ0) is 16.8. The van der Waals surface area contributed by atoms with Crippen LogP contribution in [0.25, 0.3) is 0 Å². The van der Waals surface area contributed by atoms with Crippen molar-refractivity contribution in [3.63, 3.8) is 0 Å². The van der Waals surface area contributed by atoms with Crippen LogP contribution in [0.5, 0.6) is 0 Å². The fourth-order valence-corrected chi connectivity index (χ4v) is 2.88. The minimum Gasteiger partial charge on any atom is -0.354 e. The summed E-state index contributed by atoms with van der Waals surface area (Å²) in [5, 5.41) is 6.29. The molecule has 0 bridgehead atoms. The zero-order valence-corrected chi connectivity index (χ0v) is 17.4. The topological polar surface area (TPSA) is 43.8 Å². The summed E-state index contributed by atoms with van der Waals surface area (Å²) >= 11 is 1.61. The first kappa shape index (κ1) is 20.6. The molecule has 132 valence electrons. The summed E-state index contributed by atoms with van der Waals surface area (Å²) in [6.45, 7) is 1.18. The van der Waals surface area contributed by atoms with Gasteiger partial charge >= 0.3 is 0 Å². The zero-order valence-electron chi connectivity index (χ0n) is 14.3. The minimum atomic E-state index is -0.225. The summed E-state index contributed by atoms with van der Waals surface area (Å²) in [7, 11) is 7.60.